The molecule has 1 N–H and O–H groups in total. The Labute approximate surface area is 151 Å². The zero-order valence-corrected chi connectivity index (χ0v) is 15.8. The first-order valence-corrected chi connectivity index (χ1v) is 9.07. The van der Waals surface area contributed by atoms with Gasteiger partial charge in [-0.3, -0.25) is 4.79 Å². The molecule has 2 rings (SSSR count). The SMILES string of the molecule is CC[C@H](Oc1cccc(C)c1C)C(=O)NCCCc1ccc(C)cc1. The number of ether oxygens (including phenoxy) is 1. The first kappa shape index (κ1) is 19.0. The van der Waals surface area contributed by atoms with Crippen LogP contribution in [0.15, 0.2) is 42.5 Å². The van der Waals surface area contributed by atoms with Crippen molar-refractivity contribution in [1.29, 1.82) is 0 Å². The van der Waals surface area contributed by atoms with E-state index in [1.807, 2.05) is 39.0 Å². The summed E-state index contributed by atoms with van der Waals surface area (Å²) in [5.41, 5.74) is 4.84. The van der Waals surface area contributed by atoms with Crippen molar-refractivity contribution in [2.45, 2.75) is 53.1 Å². The van der Waals surface area contributed by atoms with Crippen LogP contribution in [-0.2, 0) is 11.2 Å². The van der Waals surface area contributed by atoms with Crippen LogP contribution in [0.3, 0.4) is 0 Å². The molecule has 0 bridgehead atoms. The zero-order valence-electron chi connectivity index (χ0n) is 15.8. The van der Waals surface area contributed by atoms with Gasteiger partial charge in [-0.05, 0) is 62.8 Å². The van der Waals surface area contributed by atoms with Gasteiger partial charge in [0.05, 0.1) is 0 Å². The van der Waals surface area contributed by atoms with Gasteiger partial charge in [0.25, 0.3) is 5.91 Å². The summed E-state index contributed by atoms with van der Waals surface area (Å²) in [6.45, 7) is 8.80. The number of carbonyl (C=O) groups excluding carboxylic acids is 1. The van der Waals surface area contributed by atoms with Crippen LogP contribution in [0, 0.1) is 20.8 Å². The van der Waals surface area contributed by atoms with Gasteiger partial charge in [0.15, 0.2) is 6.10 Å². The highest BCUT2D eigenvalue weighted by Gasteiger charge is 2.18. The Morgan fingerprint density at radius 1 is 1.08 bits per heavy atom. The molecule has 0 aliphatic heterocycles. The molecule has 0 fully saturated rings. The molecule has 0 saturated carbocycles. The minimum atomic E-state index is -0.445. The van der Waals surface area contributed by atoms with Gasteiger partial charge in [0.2, 0.25) is 0 Å². The maximum absolute atomic E-state index is 12.4. The van der Waals surface area contributed by atoms with Crippen LogP contribution in [-0.4, -0.2) is 18.6 Å². The predicted molar refractivity (Wildman–Crippen MR) is 103 cm³/mol. The summed E-state index contributed by atoms with van der Waals surface area (Å²) in [7, 11) is 0. The largest absolute Gasteiger partial charge is 0.480 e. The molecule has 3 nitrogen and oxygen atoms in total. The molecule has 2 aromatic rings. The van der Waals surface area contributed by atoms with Gasteiger partial charge < -0.3 is 10.1 Å². The summed E-state index contributed by atoms with van der Waals surface area (Å²) in [4.78, 5) is 12.4. The fourth-order valence-electron chi connectivity index (χ4n) is 2.70. The van der Waals surface area contributed by atoms with Crippen LogP contribution in [0.2, 0.25) is 0 Å². The van der Waals surface area contributed by atoms with Crippen LogP contribution < -0.4 is 10.1 Å². The van der Waals surface area contributed by atoms with Gasteiger partial charge >= 0.3 is 0 Å². The first-order valence-electron chi connectivity index (χ1n) is 9.07. The van der Waals surface area contributed by atoms with Gasteiger partial charge in [-0.25, -0.2) is 0 Å². The van der Waals surface area contributed by atoms with Crippen LogP contribution >= 0.6 is 0 Å². The van der Waals surface area contributed by atoms with E-state index in [1.54, 1.807) is 0 Å². The van der Waals surface area contributed by atoms with Crippen molar-refractivity contribution in [3.8, 4) is 5.75 Å². The van der Waals surface area contributed by atoms with Crippen molar-refractivity contribution < 1.29 is 9.53 Å². The lowest BCUT2D eigenvalue weighted by Gasteiger charge is -2.19. The molecular weight excluding hydrogens is 310 g/mol. The fourth-order valence-corrected chi connectivity index (χ4v) is 2.70. The second-order valence-electron chi connectivity index (χ2n) is 6.59. The Morgan fingerprint density at radius 3 is 2.48 bits per heavy atom. The number of hydrogen-bond acceptors (Lipinski definition) is 2. The van der Waals surface area contributed by atoms with Crippen molar-refractivity contribution in [2.24, 2.45) is 0 Å². The van der Waals surface area contributed by atoms with E-state index in [0.717, 1.165) is 24.2 Å². The molecule has 1 atom stereocenters. The fraction of sp³-hybridized carbons (Fsp3) is 0.409. The third-order valence-corrected chi connectivity index (χ3v) is 4.55. The molecule has 0 heterocycles. The number of carbonyl (C=O) groups is 1. The van der Waals surface area contributed by atoms with E-state index in [9.17, 15) is 4.79 Å². The number of hydrogen-bond donors (Lipinski definition) is 1. The Bertz CT molecular complexity index is 692. The van der Waals surface area contributed by atoms with E-state index in [0.29, 0.717) is 13.0 Å². The molecular formula is C22H29NO2. The van der Waals surface area contributed by atoms with E-state index >= 15 is 0 Å². The van der Waals surface area contributed by atoms with Gasteiger partial charge in [-0.2, -0.15) is 0 Å². The maximum Gasteiger partial charge on any atom is 0.261 e. The summed E-state index contributed by atoms with van der Waals surface area (Å²) < 4.78 is 5.95. The molecule has 0 spiro atoms. The summed E-state index contributed by atoms with van der Waals surface area (Å²) in [6.07, 6.45) is 2.10. The molecule has 2 aromatic carbocycles. The Balaban J connectivity index is 1.81. The second-order valence-corrected chi connectivity index (χ2v) is 6.59. The first-order chi connectivity index (χ1) is 12.0. The minimum absolute atomic E-state index is 0.0349. The second kappa shape index (κ2) is 9.26. The quantitative estimate of drug-likeness (QED) is 0.718. The third kappa shape index (κ3) is 5.63. The zero-order chi connectivity index (χ0) is 18.2. The normalized spacial score (nSPS) is 11.8. The van der Waals surface area contributed by atoms with Gasteiger partial charge in [0, 0.05) is 6.54 Å². The van der Waals surface area contributed by atoms with Crippen molar-refractivity contribution in [2.75, 3.05) is 6.54 Å². The highest BCUT2D eigenvalue weighted by Crippen LogP contribution is 2.22. The van der Waals surface area contributed by atoms with Crippen LogP contribution in [0.1, 0.15) is 42.0 Å². The maximum atomic E-state index is 12.4. The lowest BCUT2D eigenvalue weighted by atomic mass is 10.1. The highest BCUT2D eigenvalue weighted by atomic mass is 16.5. The van der Waals surface area contributed by atoms with Crippen molar-refractivity contribution in [3.05, 3.63) is 64.7 Å². The Kier molecular flexibility index (Phi) is 7.05. The Hall–Kier alpha value is -2.29. The molecule has 25 heavy (non-hydrogen) atoms. The number of nitrogens with one attached hydrogen (secondary N) is 1. The summed E-state index contributed by atoms with van der Waals surface area (Å²) in [5, 5.41) is 3.01. The van der Waals surface area contributed by atoms with Gasteiger partial charge in [-0.15, -0.1) is 0 Å². The number of amides is 1. The van der Waals surface area contributed by atoms with E-state index in [4.69, 9.17) is 4.74 Å². The summed E-state index contributed by atoms with van der Waals surface area (Å²) in [6, 6.07) is 14.5. The number of benzene rings is 2. The minimum Gasteiger partial charge on any atom is -0.480 e. The van der Waals surface area contributed by atoms with E-state index in [-0.39, 0.29) is 5.91 Å². The smallest absolute Gasteiger partial charge is 0.261 e. The van der Waals surface area contributed by atoms with E-state index < -0.39 is 6.10 Å². The van der Waals surface area contributed by atoms with Crippen molar-refractivity contribution in [3.63, 3.8) is 0 Å². The predicted octanol–water partition coefficient (Wildman–Crippen LogP) is 4.52. The van der Waals surface area contributed by atoms with Gasteiger partial charge in [0.1, 0.15) is 5.75 Å². The molecule has 3 heteroatoms. The monoisotopic (exact) mass is 339 g/mol. The topological polar surface area (TPSA) is 38.3 Å². The van der Waals surface area contributed by atoms with Gasteiger partial charge in [-0.1, -0.05) is 48.9 Å². The van der Waals surface area contributed by atoms with E-state index in [2.05, 4.69) is 36.5 Å². The average Bonchev–Trinajstić information content (AvgIpc) is 2.61. The lowest BCUT2D eigenvalue weighted by molar-refractivity contribution is -0.128. The van der Waals surface area contributed by atoms with Crippen molar-refractivity contribution in [1.82, 2.24) is 5.32 Å². The summed E-state index contributed by atoms with van der Waals surface area (Å²) >= 11 is 0. The highest BCUT2D eigenvalue weighted by molar-refractivity contribution is 5.81. The van der Waals surface area contributed by atoms with Crippen LogP contribution in [0.4, 0.5) is 0 Å². The van der Waals surface area contributed by atoms with E-state index in [1.165, 1.54) is 16.7 Å². The van der Waals surface area contributed by atoms with Crippen LogP contribution in [0.25, 0.3) is 0 Å². The number of rotatable bonds is 8. The molecule has 0 radical (unpaired) electrons. The Morgan fingerprint density at radius 2 is 1.80 bits per heavy atom. The van der Waals surface area contributed by atoms with Crippen LogP contribution in [0.5, 0.6) is 5.75 Å². The summed E-state index contributed by atoms with van der Waals surface area (Å²) in [5.74, 6) is 0.758. The number of aryl methyl sites for hydroxylation is 3. The third-order valence-electron chi connectivity index (χ3n) is 4.55. The molecule has 0 saturated heterocycles. The molecule has 134 valence electrons. The molecule has 0 unspecified atom stereocenters. The standard InChI is InChI=1S/C22H29NO2/c1-5-20(25-21-10-6-8-17(3)18(21)4)22(24)23-15-7-9-19-13-11-16(2)12-14-19/h6,8,10-14,20H,5,7,9,15H2,1-4H3,(H,23,24)/t20-/m0/s1. The molecule has 0 aromatic heterocycles. The molecule has 0 aliphatic rings. The molecule has 0 aliphatic carbocycles. The van der Waals surface area contributed by atoms with Crippen molar-refractivity contribution >= 4 is 5.91 Å². The molecule has 1 amide bonds. The average molecular weight is 339 g/mol. The lowest BCUT2D eigenvalue weighted by Crippen LogP contribution is -2.38.